The van der Waals surface area contributed by atoms with E-state index in [2.05, 4.69) is 10.4 Å². The van der Waals surface area contributed by atoms with Crippen LogP contribution in [-0.2, 0) is 6.54 Å². The van der Waals surface area contributed by atoms with Gasteiger partial charge in [-0.3, -0.25) is 4.79 Å². The second-order valence-corrected chi connectivity index (χ2v) is 7.51. The minimum Gasteiger partial charge on any atom is -0.378 e. The molecule has 0 saturated heterocycles. The number of benzene rings is 2. The first-order chi connectivity index (χ1) is 14.0. The Morgan fingerprint density at radius 2 is 1.90 bits per heavy atom. The molecule has 7 nitrogen and oxygen atoms in total. The number of amides is 1. The molecule has 0 unspecified atom stereocenters. The number of para-hydroxylation sites is 1. The largest absolute Gasteiger partial charge is 0.378 e. The molecular formula is C22H25N5O2. The second kappa shape index (κ2) is 7.95. The van der Waals surface area contributed by atoms with Crippen LogP contribution in [0.15, 0.2) is 59.4 Å². The van der Waals surface area contributed by atoms with Crippen LogP contribution in [0.5, 0.6) is 0 Å². The lowest BCUT2D eigenvalue weighted by atomic mass is 10.2. The van der Waals surface area contributed by atoms with E-state index in [0.717, 1.165) is 30.0 Å². The maximum Gasteiger partial charge on any atom is 0.350 e. The van der Waals surface area contributed by atoms with E-state index in [4.69, 9.17) is 0 Å². The monoisotopic (exact) mass is 391 g/mol. The van der Waals surface area contributed by atoms with Crippen molar-refractivity contribution in [2.75, 3.05) is 25.5 Å². The molecule has 1 heterocycles. The molecule has 0 bridgehead atoms. The van der Waals surface area contributed by atoms with Gasteiger partial charge in [0, 0.05) is 37.8 Å². The van der Waals surface area contributed by atoms with Gasteiger partial charge in [-0.1, -0.05) is 24.3 Å². The molecule has 1 amide bonds. The third-order valence-electron chi connectivity index (χ3n) is 5.06. The standard InChI is InChI=1S/C22H25N5O2/c1-25(2)19-10-6-7-17(15-19)21(28)23-13-14-26-22(29)27(18-8-4-3-5-9-18)20(24-26)16-11-12-16/h3-10,15-16H,11-14H2,1-2H3,(H,23,28). The third-order valence-corrected chi connectivity index (χ3v) is 5.06. The average Bonchev–Trinajstić information content (AvgIpc) is 3.53. The number of rotatable bonds is 7. The van der Waals surface area contributed by atoms with Gasteiger partial charge in [-0.15, -0.1) is 0 Å². The summed E-state index contributed by atoms with van der Waals surface area (Å²) in [4.78, 5) is 27.3. The number of nitrogens with one attached hydrogen (secondary N) is 1. The van der Waals surface area contributed by atoms with E-state index in [9.17, 15) is 9.59 Å². The lowest BCUT2D eigenvalue weighted by Crippen LogP contribution is -2.32. The molecule has 1 fully saturated rings. The SMILES string of the molecule is CN(C)c1cccc(C(=O)NCCn2nc(C3CC3)n(-c3ccccc3)c2=O)c1. The van der Waals surface area contributed by atoms with Gasteiger partial charge in [-0.25, -0.2) is 14.0 Å². The first-order valence-corrected chi connectivity index (χ1v) is 9.85. The first-order valence-electron chi connectivity index (χ1n) is 9.85. The zero-order valence-corrected chi connectivity index (χ0v) is 16.7. The molecule has 1 N–H and O–H groups in total. The number of anilines is 1. The first kappa shape index (κ1) is 19.0. The van der Waals surface area contributed by atoms with Crippen molar-refractivity contribution in [2.45, 2.75) is 25.3 Å². The van der Waals surface area contributed by atoms with Crippen molar-refractivity contribution in [3.8, 4) is 5.69 Å². The van der Waals surface area contributed by atoms with Gasteiger partial charge in [-0.05, 0) is 43.2 Å². The van der Waals surface area contributed by atoms with Gasteiger partial charge in [0.2, 0.25) is 0 Å². The van der Waals surface area contributed by atoms with Crippen LogP contribution in [0.3, 0.4) is 0 Å². The van der Waals surface area contributed by atoms with Crippen LogP contribution in [-0.4, -0.2) is 40.9 Å². The van der Waals surface area contributed by atoms with E-state index in [0.29, 0.717) is 24.6 Å². The Labute approximate surface area is 169 Å². The van der Waals surface area contributed by atoms with Crippen LogP contribution in [0.4, 0.5) is 5.69 Å². The lowest BCUT2D eigenvalue weighted by molar-refractivity contribution is 0.0952. The van der Waals surface area contributed by atoms with E-state index in [1.807, 2.05) is 67.5 Å². The molecule has 1 saturated carbocycles. The summed E-state index contributed by atoms with van der Waals surface area (Å²) < 4.78 is 3.15. The molecule has 4 rings (SSSR count). The Hall–Kier alpha value is -3.35. The molecule has 2 aromatic carbocycles. The van der Waals surface area contributed by atoms with Gasteiger partial charge in [-0.2, -0.15) is 5.10 Å². The molecule has 1 aliphatic rings. The molecule has 0 atom stereocenters. The smallest absolute Gasteiger partial charge is 0.350 e. The Kier molecular flexibility index (Phi) is 5.20. The Bertz CT molecular complexity index is 1060. The fraction of sp³-hybridized carbons (Fsp3) is 0.318. The quantitative estimate of drug-likeness (QED) is 0.671. The molecule has 7 heteroatoms. The summed E-state index contributed by atoms with van der Waals surface area (Å²) >= 11 is 0. The summed E-state index contributed by atoms with van der Waals surface area (Å²) in [7, 11) is 3.87. The fourth-order valence-corrected chi connectivity index (χ4v) is 3.30. The van der Waals surface area contributed by atoms with Crippen LogP contribution in [0, 0.1) is 0 Å². The van der Waals surface area contributed by atoms with Gasteiger partial charge in [0.25, 0.3) is 5.91 Å². The van der Waals surface area contributed by atoms with Crippen LogP contribution in [0.2, 0.25) is 0 Å². The number of nitrogens with zero attached hydrogens (tertiary/aromatic N) is 4. The van der Waals surface area contributed by atoms with Crippen molar-refractivity contribution in [1.82, 2.24) is 19.7 Å². The third kappa shape index (κ3) is 4.08. The molecule has 150 valence electrons. The minimum atomic E-state index is -0.165. The van der Waals surface area contributed by atoms with E-state index in [1.54, 1.807) is 10.6 Å². The van der Waals surface area contributed by atoms with E-state index in [-0.39, 0.29) is 11.6 Å². The number of hydrogen-bond donors (Lipinski definition) is 1. The van der Waals surface area contributed by atoms with Crippen molar-refractivity contribution >= 4 is 11.6 Å². The van der Waals surface area contributed by atoms with E-state index >= 15 is 0 Å². The Morgan fingerprint density at radius 1 is 1.14 bits per heavy atom. The second-order valence-electron chi connectivity index (χ2n) is 7.51. The highest BCUT2D eigenvalue weighted by Gasteiger charge is 2.31. The van der Waals surface area contributed by atoms with Crippen molar-refractivity contribution in [1.29, 1.82) is 0 Å². The van der Waals surface area contributed by atoms with Gasteiger partial charge < -0.3 is 10.2 Å². The van der Waals surface area contributed by atoms with Crippen LogP contribution < -0.4 is 15.9 Å². The molecular weight excluding hydrogens is 366 g/mol. The van der Waals surface area contributed by atoms with Crippen molar-refractivity contribution < 1.29 is 4.79 Å². The summed E-state index contributed by atoms with van der Waals surface area (Å²) in [5.74, 6) is 0.991. The molecule has 1 aromatic heterocycles. The molecule has 0 aliphatic heterocycles. The average molecular weight is 391 g/mol. The molecule has 0 radical (unpaired) electrons. The molecule has 3 aromatic rings. The fourth-order valence-electron chi connectivity index (χ4n) is 3.30. The lowest BCUT2D eigenvalue weighted by Gasteiger charge is -2.13. The zero-order chi connectivity index (χ0) is 20.4. The Balaban J connectivity index is 1.47. The molecule has 1 aliphatic carbocycles. The summed E-state index contributed by atoms with van der Waals surface area (Å²) in [5.41, 5.74) is 2.22. The van der Waals surface area contributed by atoms with Crippen molar-refractivity contribution in [3.05, 3.63) is 76.5 Å². The maximum absolute atomic E-state index is 12.9. The van der Waals surface area contributed by atoms with Gasteiger partial charge in [0.05, 0.1) is 12.2 Å². The number of hydrogen-bond acceptors (Lipinski definition) is 4. The van der Waals surface area contributed by atoms with Gasteiger partial charge in [0.15, 0.2) is 0 Å². The normalized spacial score (nSPS) is 13.3. The van der Waals surface area contributed by atoms with Crippen LogP contribution >= 0.6 is 0 Å². The van der Waals surface area contributed by atoms with Crippen molar-refractivity contribution in [3.63, 3.8) is 0 Å². The number of carbonyl (C=O) groups excluding carboxylic acids is 1. The molecule has 29 heavy (non-hydrogen) atoms. The highest BCUT2D eigenvalue weighted by Crippen LogP contribution is 2.39. The summed E-state index contributed by atoms with van der Waals surface area (Å²) in [6.07, 6.45) is 2.12. The zero-order valence-electron chi connectivity index (χ0n) is 16.7. The number of carbonyl (C=O) groups is 1. The molecule has 0 spiro atoms. The van der Waals surface area contributed by atoms with Crippen LogP contribution in [0.1, 0.15) is 34.9 Å². The number of aromatic nitrogens is 3. The predicted octanol–water partition coefficient (Wildman–Crippen LogP) is 2.41. The predicted molar refractivity (Wildman–Crippen MR) is 113 cm³/mol. The van der Waals surface area contributed by atoms with E-state index < -0.39 is 0 Å². The summed E-state index contributed by atoms with van der Waals surface area (Å²) in [6.45, 7) is 0.665. The highest BCUT2D eigenvalue weighted by molar-refractivity contribution is 5.95. The van der Waals surface area contributed by atoms with Crippen molar-refractivity contribution in [2.24, 2.45) is 0 Å². The van der Waals surface area contributed by atoms with Gasteiger partial charge in [0.1, 0.15) is 5.82 Å². The summed E-state index contributed by atoms with van der Waals surface area (Å²) in [5, 5.41) is 7.45. The highest BCUT2D eigenvalue weighted by atomic mass is 16.2. The topological polar surface area (TPSA) is 72.2 Å². The maximum atomic E-state index is 12.9. The Morgan fingerprint density at radius 3 is 2.59 bits per heavy atom. The minimum absolute atomic E-state index is 0.161. The van der Waals surface area contributed by atoms with Crippen LogP contribution in [0.25, 0.3) is 5.69 Å². The van der Waals surface area contributed by atoms with Gasteiger partial charge >= 0.3 is 5.69 Å². The summed E-state index contributed by atoms with van der Waals surface area (Å²) in [6, 6.07) is 17.0. The van der Waals surface area contributed by atoms with E-state index in [1.165, 1.54) is 4.68 Å².